The number of aromatic amines is 1. The Morgan fingerprint density at radius 2 is 2.07 bits per heavy atom. The molecule has 0 saturated carbocycles. The highest BCUT2D eigenvalue weighted by Gasteiger charge is 2.10. The summed E-state index contributed by atoms with van der Waals surface area (Å²) in [4.78, 5) is 15.3. The Morgan fingerprint density at radius 1 is 1.33 bits per heavy atom. The summed E-state index contributed by atoms with van der Waals surface area (Å²) in [7, 11) is 1.55. The molecular weight excluding hydrogens is 192 g/mol. The summed E-state index contributed by atoms with van der Waals surface area (Å²) < 4.78 is 0. The Bertz CT molecular complexity index is 463. The van der Waals surface area contributed by atoms with Gasteiger partial charge in [0, 0.05) is 12.6 Å². The molecule has 15 heavy (non-hydrogen) atoms. The minimum Gasteiger partial charge on any atom is -0.352 e. The van der Waals surface area contributed by atoms with E-state index < -0.39 is 0 Å². The van der Waals surface area contributed by atoms with Gasteiger partial charge in [-0.15, -0.1) is 0 Å². The van der Waals surface area contributed by atoms with Gasteiger partial charge in [0.25, 0.3) is 5.91 Å². The first-order chi connectivity index (χ1) is 7.31. The number of nitrogens with zero attached hydrogens (tertiary/aromatic N) is 2. The SMILES string of the molecule is CNC(=O)c1nc(-c2ccccc2)n[nH]1. The summed E-state index contributed by atoms with van der Waals surface area (Å²) >= 11 is 0. The Morgan fingerprint density at radius 3 is 2.73 bits per heavy atom. The number of hydrogen-bond acceptors (Lipinski definition) is 3. The summed E-state index contributed by atoms with van der Waals surface area (Å²) in [5, 5.41) is 9.01. The molecule has 0 unspecified atom stereocenters. The van der Waals surface area contributed by atoms with Crippen LogP contribution in [0.25, 0.3) is 11.4 Å². The molecule has 5 heteroatoms. The molecular formula is C10H10N4O. The van der Waals surface area contributed by atoms with Crippen LogP contribution >= 0.6 is 0 Å². The smallest absolute Gasteiger partial charge is 0.288 e. The van der Waals surface area contributed by atoms with E-state index in [4.69, 9.17) is 0 Å². The van der Waals surface area contributed by atoms with Gasteiger partial charge in [-0.25, -0.2) is 4.98 Å². The van der Waals surface area contributed by atoms with Gasteiger partial charge in [-0.2, -0.15) is 5.10 Å². The number of rotatable bonds is 2. The van der Waals surface area contributed by atoms with Crippen LogP contribution < -0.4 is 5.32 Å². The summed E-state index contributed by atoms with van der Waals surface area (Å²) in [5.41, 5.74) is 0.879. The molecule has 0 bridgehead atoms. The molecule has 0 spiro atoms. The van der Waals surface area contributed by atoms with E-state index in [1.54, 1.807) is 7.05 Å². The molecule has 1 aromatic heterocycles. The Kier molecular flexibility index (Phi) is 2.45. The van der Waals surface area contributed by atoms with E-state index >= 15 is 0 Å². The Labute approximate surface area is 86.5 Å². The van der Waals surface area contributed by atoms with E-state index in [0.29, 0.717) is 5.82 Å². The number of H-pyrrole nitrogens is 1. The zero-order valence-electron chi connectivity index (χ0n) is 8.19. The third-order valence-corrected chi connectivity index (χ3v) is 1.96. The second-order valence-corrected chi connectivity index (χ2v) is 2.95. The van der Waals surface area contributed by atoms with E-state index in [0.717, 1.165) is 5.56 Å². The number of aromatic nitrogens is 3. The van der Waals surface area contributed by atoms with Crippen LogP contribution in [-0.2, 0) is 0 Å². The van der Waals surface area contributed by atoms with Crippen LogP contribution in [0.3, 0.4) is 0 Å². The maximum absolute atomic E-state index is 11.2. The van der Waals surface area contributed by atoms with Gasteiger partial charge >= 0.3 is 0 Å². The van der Waals surface area contributed by atoms with Crippen LogP contribution in [-0.4, -0.2) is 28.1 Å². The van der Waals surface area contributed by atoms with Crippen molar-refractivity contribution in [1.29, 1.82) is 0 Å². The second-order valence-electron chi connectivity index (χ2n) is 2.95. The van der Waals surface area contributed by atoms with Crippen LogP contribution in [0, 0.1) is 0 Å². The van der Waals surface area contributed by atoms with Crippen molar-refractivity contribution in [3.63, 3.8) is 0 Å². The van der Waals surface area contributed by atoms with Crippen molar-refractivity contribution in [2.24, 2.45) is 0 Å². The highest BCUT2D eigenvalue weighted by Crippen LogP contribution is 2.12. The molecule has 0 atom stereocenters. The van der Waals surface area contributed by atoms with Gasteiger partial charge in [-0.05, 0) is 0 Å². The highest BCUT2D eigenvalue weighted by molar-refractivity contribution is 5.90. The first-order valence-electron chi connectivity index (χ1n) is 4.51. The van der Waals surface area contributed by atoms with Gasteiger partial charge in [0.1, 0.15) is 0 Å². The summed E-state index contributed by atoms with van der Waals surface area (Å²) in [5.74, 6) is 0.468. The van der Waals surface area contributed by atoms with E-state index in [1.807, 2.05) is 30.3 Å². The topological polar surface area (TPSA) is 70.7 Å². The Balaban J connectivity index is 2.32. The van der Waals surface area contributed by atoms with E-state index in [-0.39, 0.29) is 11.7 Å². The largest absolute Gasteiger partial charge is 0.352 e. The van der Waals surface area contributed by atoms with Crippen molar-refractivity contribution in [3.8, 4) is 11.4 Å². The van der Waals surface area contributed by atoms with Crippen molar-refractivity contribution in [3.05, 3.63) is 36.2 Å². The fraction of sp³-hybridized carbons (Fsp3) is 0.100. The molecule has 76 valence electrons. The molecule has 0 aliphatic carbocycles. The average molecular weight is 202 g/mol. The van der Waals surface area contributed by atoms with Crippen LogP contribution in [0.1, 0.15) is 10.6 Å². The molecule has 0 fully saturated rings. The van der Waals surface area contributed by atoms with Gasteiger partial charge in [0.15, 0.2) is 5.82 Å². The monoisotopic (exact) mass is 202 g/mol. The second kappa shape index (κ2) is 3.91. The lowest BCUT2D eigenvalue weighted by atomic mass is 10.2. The van der Waals surface area contributed by atoms with Crippen molar-refractivity contribution in [1.82, 2.24) is 20.5 Å². The fourth-order valence-corrected chi connectivity index (χ4v) is 1.20. The number of carbonyl (C=O) groups excluding carboxylic acids is 1. The number of carbonyl (C=O) groups is 1. The minimum atomic E-state index is -0.273. The molecule has 1 amide bonds. The molecule has 2 rings (SSSR count). The van der Waals surface area contributed by atoms with Gasteiger partial charge in [0.05, 0.1) is 0 Å². The first kappa shape index (κ1) is 9.39. The molecule has 2 N–H and O–H groups in total. The van der Waals surface area contributed by atoms with Crippen molar-refractivity contribution >= 4 is 5.91 Å². The zero-order chi connectivity index (χ0) is 10.7. The first-order valence-corrected chi connectivity index (χ1v) is 4.51. The number of nitrogens with one attached hydrogen (secondary N) is 2. The fourth-order valence-electron chi connectivity index (χ4n) is 1.20. The predicted octanol–water partition coefficient (Wildman–Crippen LogP) is 0.831. The van der Waals surface area contributed by atoms with Gasteiger partial charge < -0.3 is 5.32 Å². The summed E-state index contributed by atoms with van der Waals surface area (Å²) in [6, 6.07) is 9.47. The molecule has 1 aromatic carbocycles. The lowest BCUT2D eigenvalue weighted by Crippen LogP contribution is -2.19. The maximum Gasteiger partial charge on any atom is 0.288 e. The lowest BCUT2D eigenvalue weighted by Gasteiger charge is -1.92. The van der Waals surface area contributed by atoms with Crippen LogP contribution in [0.4, 0.5) is 0 Å². The minimum absolute atomic E-state index is 0.219. The maximum atomic E-state index is 11.2. The van der Waals surface area contributed by atoms with Gasteiger partial charge in [-0.3, -0.25) is 9.89 Å². The number of hydrogen-bond donors (Lipinski definition) is 2. The van der Waals surface area contributed by atoms with Crippen LogP contribution in [0.5, 0.6) is 0 Å². The number of amides is 1. The molecule has 5 nitrogen and oxygen atoms in total. The standard InChI is InChI=1S/C10H10N4O/c1-11-10(15)9-12-8(13-14-9)7-5-3-2-4-6-7/h2-6H,1H3,(H,11,15)(H,12,13,14). The van der Waals surface area contributed by atoms with Crippen molar-refractivity contribution < 1.29 is 4.79 Å². The number of benzene rings is 1. The van der Waals surface area contributed by atoms with E-state index in [2.05, 4.69) is 20.5 Å². The summed E-state index contributed by atoms with van der Waals surface area (Å²) in [6.45, 7) is 0. The third kappa shape index (κ3) is 1.85. The zero-order valence-corrected chi connectivity index (χ0v) is 8.19. The molecule has 0 aliphatic rings. The van der Waals surface area contributed by atoms with Crippen molar-refractivity contribution in [2.75, 3.05) is 7.05 Å². The van der Waals surface area contributed by atoms with Crippen LogP contribution in [0.15, 0.2) is 30.3 Å². The van der Waals surface area contributed by atoms with Crippen LogP contribution in [0.2, 0.25) is 0 Å². The van der Waals surface area contributed by atoms with E-state index in [9.17, 15) is 4.79 Å². The lowest BCUT2D eigenvalue weighted by molar-refractivity contribution is 0.0953. The quantitative estimate of drug-likeness (QED) is 0.757. The Hall–Kier alpha value is -2.17. The third-order valence-electron chi connectivity index (χ3n) is 1.96. The summed E-state index contributed by atoms with van der Waals surface area (Å²) in [6.07, 6.45) is 0. The van der Waals surface area contributed by atoms with Crippen molar-refractivity contribution in [2.45, 2.75) is 0 Å². The molecule has 1 heterocycles. The molecule has 2 aromatic rings. The highest BCUT2D eigenvalue weighted by atomic mass is 16.2. The van der Waals surface area contributed by atoms with Gasteiger partial charge in [0.2, 0.25) is 5.82 Å². The molecule has 0 saturated heterocycles. The molecule has 0 aliphatic heterocycles. The predicted molar refractivity (Wildman–Crippen MR) is 55.2 cm³/mol. The normalized spacial score (nSPS) is 9.93. The average Bonchev–Trinajstić information content (AvgIpc) is 2.78. The van der Waals surface area contributed by atoms with E-state index in [1.165, 1.54) is 0 Å². The molecule has 0 radical (unpaired) electrons. The van der Waals surface area contributed by atoms with Gasteiger partial charge in [-0.1, -0.05) is 30.3 Å².